The van der Waals surface area contributed by atoms with Gasteiger partial charge in [-0.2, -0.15) is 11.8 Å². The molecule has 0 aliphatic heterocycles. The summed E-state index contributed by atoms with van der Waals surface area (Å²) in [7, 11) is 0. The highest BCUT2D eigenvalue weighted by molar-refractivity contribution is 7.98. The molecule has 1 atom stereocenters. The summed E-state index contributed by atoms with van der Waals surface area (Å²) in [5.74, 6) is 2.13. The van der Waals surface area contributed by atoms with E-state index in [0.29, 0.717) is 12.1 Å². The van der Waals surface area contributed by atoms with Gasteiger partial charge in [-0.25, -0.2) is 4.98 Å². The number of thioether (sulfide) groups is 1. The van der Waals surface area contributed by atoms with Crippen molar-refractivity contribution in [2.24, 2.45) is 0 Å². The van der Waals surface area contributed by atoms with Crippen LogP contribution >= 0.6 is 11.8 Å². The van der Waals surface area contributed by atoms with Crippen LogP contribution in [-0.4, -0.2) is 27.6 Å². The number of imidazole rings is 1. The number of nitrogens with one attached hydrogen (secondary N) is 1. The SMILES string of the molecule is CCC(CSC)n1ccnc1NC(C)C. The van der Waals surface area contributed by atoms with Crippen molar-refractivity contribution in [2.75, 3.05) is 17.3 Å². The molecule has 1 rings (SSSR count). The molecule has 0 bridgehead atoms. The second-order valence-electron chi connectivity index (χ2n) is 3.97. The van der Waals surface area contributed by atoms with Gasteiger partial charge in [0.05, 0.1) is 0 Å². The predicted octanol–water partition coefficient (Wildman–Crippen LogP) is 3.02. The maximum atomic E-state index is 4.35. The maximum absolute atomic E-state index is 4.35. The topological polar surface area (TPSA) is 29.9 Å². The van der Waals surface area contributed by atoms with Crippen LogP contribution in [0.25, 0.3) is 0 Å². The van der Waals surface area contributed by atoms with Gasteiger partial charge >= 0.3 is 0 Å². The molecule has 3 nitrogen and oxygen atoms in total. The van der Waals surface area contributed by atoms with E-state index < -0.39 is 0 Å². The first-order chi connectivity index (χ1) is 7.19. The highest BCUT2D eigenvalue weighted by atomic mass is 32.2. The molecule has 1 N–H and O–H groups in total. The van der Waals surface area contributed by atoms with Gasteiger partial charge in [0.25, 0.3) is 0 Å². The lowest BCUT2D eigenvalue weighted by Crippen LogP contribution is -2.18. The minimum absolute atomic E-state index is 0.429. The smallest absolute Gasteiger partial charge is 0.203 e. The Balaban J connectivity index is 2.77. The van der Waals surface area contributed by atoms with E-state index >= 15 is 0 Å². The number of nitrogens with zero attached hydrogens (tertiary/aromatic N) is 2. The van der Waals surface area contributed by atoms with Gasteiger partial charge in [0.1, 0.15) is 0 Å². The van der Waals surface area contributed by atoms with Gasteiger partial charge in [-0.05, 0) is 26.5 Å². The van der Waals surface area contributed by atoms with Gasteiger partial charge in [0.15, 0.2) is 0 Å². The number of aromatic nitrogens is 2. The lowest BCUT2D eigenvalue weighted by molar-refractivity contribution is 0.542. The van der Waals surface area contributed by atoms with E-state index in [0.717, 1.165) is 18.1 Å². The van der Waals surface area contributed by atoms with E-state index in [4.69, 9.17) is 0 Å². The molecule has 0 aliphatic carbocycles. The third-order valence-corrected chi connectivity index (χ3v) is 3.03. The predicted molar refractivity (Wildman–Crippen MR) is 68.7 cm³/mol. The Morgan fingerprint density at radius 3 is 2.80 bits per heavy atom. The standard InChI is InChI=1S/C11H21N3S/c1-5-10(8-15-4)14-7-6-12-11(14)13-9(2)3/h6-7,9-10H,5,8H2,1-4H3,(H,12,13). The van der Waals surface area contributed by atoms with Crippen LogP contribution in [0, 0.1) is 0 Å². The monoisotopic (exact) mass is 227 g/mol. The molecular formula is C11H21N3S. The van der Waals surface area contributed by atoms with E-state index in [1.807, 2.05) is 18.0 Å². The van der Waals surface area contributed by atoms with Crippen LogP contribution in [0.4, 0.5) is 5.95 Å². The summed E-state index contributed by atoms with van der Waals surface area (Å²) in [6.07, 6.45) is 7.22. The van der Waals surface area contributed by atoms with Gasteiger partial charge in [0.2, 0.25) is 5.95 Å². The Hall–Kier alpha value is -0.640. The fourth-order valence-electron chi connectivity index (χ4n) is 1.56. The average Bonchev–Trinajstić information content (AvgIpc) is 2.61. The average molecular weight is 227 g/mol. The summed E-state index contributed by atoms with van der Waals surface area (Å²) in [5.41, 5.74) is 0. The van der Waals surface area contributed by atoms with Crippen molar-refractivity contribution < 1.29 is 0 Å². The molecule has 0 radical (unpaired) electrons. The normalized spacial score (nSPS) is 13.1. The van der Waals surface area contributed by atoms with Crippen molar-refractivity contribution in [3.8, 4) is 0 Å². The van der Waals surface area contributed by atoms with Crippen molar-refractivity contribution in [3.63, 3.8) is 0 Å². The summed E-state index contributed by atoms with van der Waals surface area (Å²) in [4.78, 5) is 4.35. The van der Waals surface area contributed by atoms with Gasteiger partial charge in [0, 0.05) is 30.2 Å². The van der Waals surface area contributed by atoms with Crippen LogP contribution in [0.5, 0.6) is 0 Å². The molecule has 1 aromatic rings. The van der Waals surface area contributed by atoms with Crippen LogP contribution in [0.15, 0.2) is 12.4 Å². The molecule has 4 heteroatoms. The molecular weight excluding hydrogens is 206 g/mol. The molecule has 0 fully saturated rings. The molecule has 1 unspecified atom stereocenters. The summed E-state index contributed by atoms with van der Waals surface area (Å²) in [5, 5.41) is 3.37. The zero-order valence-electron chi connectivity index (χ0n) is 10.0. The van der Waals surface area contributed by atoms with Gasteiger partial charge < -0.3 is 9.88 Å². The van der Waals surface area contributed by atoms with Crippen molar-refractivity contribution >= 4 is 17.7 Å². The van der Waals surface area contributed by atoms with Crippen LogP contribution in [0.3, 0.4) is 0 Å². The lowest BCUT2D eigenvalue weighted by atomic mass is 10.2. The molecule has 0 aliphatic rings. The summed E-state index contributed by atoms with van der Waals surface area (Å²) < 4.78 is 2.25. The number of anilines is 1. The molecule has 0 aromatic carbocycles. The quantitative estimate of drug-likeness (QED) is 0.810. The zero-order chi connectivity index (χ0) is 11.3. The van der Waals surface area contributed by atoms with E-state index in [-0.39, 0.29) is 0 Å². The van der Waals surface area contributed by atoms with Crippen LogP contribution in [0.2, 0.25) is 0 Å². The molecule has 0 saturated carbocycles. The van der Waals surface area contributed by atoms with Crippen LogP contribution < -0.4 is 5.32 Å². The Kier molecular flexibility index (Phi) is 5.02. The van der Waals surface area contributed by atoms with Gasteiger partial charge in [-0.3, -0.25) is 0 Å². The third-order valence-electron chi connectivity index (χ3n) is 2.31. The van der Waals surface area contributed by atoms with Gasteiger partial charge in [-0.1, -0.05) is 6.92 Å². The van der Waals surface area contributed by atoms with Crippen molar-refractivity contribution in [3.05, 3.63) is 12.4 Å². The highest BCUT2D eigenvalue weighted by Crippen LogP contribution is 2.20. The first-order valence-corrected chi connectivity index (χ1v) is 6.86. The van der Waals surface area contributed by atoms with E-state index in [9.17, 15) is 0 Å². The zero-order valence-corrected chi connectivity index (χ0v) is 10.8. The lowest BCUT2D eigenvalue weighted by Gasteiger charge is -2.19. The van der Waals surface area contributed by atoms with E-state index in [2.05, 4.69) is 48.1 Å². The summed E-state index contributed by atoms with van der Waals surface area (Å²) in [6, 6.07) is 0.974. The Bertz CT molecular complexity index is 283. The second kappa shape index (κ2) is 6.05. The fraction of sp³-hybridized carbons (Fsp3) is 0.727. The second-order valence-corrected chi connectivity index (χ2v) is 4.89. The minimum Gasteiger partial charge on any atom is -0.353 e. The van der Waals surface area contributed by atoms with Gasteiger partial charge in [-0.15, -0.1) is 0 Å². The molecule has 86 valence electrons. The first-order valence-electron chi connectivity index (χ1n) is 5.47. The number of hydrogen-bond donors (Lipinski definition) is 1. The van der Waals surface area contributed by atoms with Crippen LogP contribution in [0.1, 0.15) is 33.2 Å². The van der Waals surface area contributed by atoms with Crippen molar-refractivity contribution in [1.82, 2.24) is 9.55 Å². The molecule has 0 saturated heterocycles. The number of hydrogen-bond acceptors (Lipinski definition) is 3. The minimum atomic E-state index is 0.429. The molecule has 0 spiro atoms. The molecule has 1 heterocycles. The highest BCUT2D eigenvalue weighted by Gasteiger charge is 2.12. The Morgan fingerprint density at radius 1 is 1.53 bits per heavy atom. The fourth-order valence-corrected chi connectivity index (χ4v) is 2.35. The molecule has 15 heavy (non-hydrogen) atoms. The van der Waals surface area contributed by atoms with E-state index in [1.54, 1.807) is 0 Å². The third kappa shape index (κ3) is 3.45. The molecule has 1 aromatic heterocycles. The summed E-state index contributed by atoms with van der Waals surface area (Å²) >= 11 is 1.88. The number of rotatable bonds is 6. The Labute approximate surface area is 96.7 Å². The van der Waals surface area contributed by atoms with Crippen molar-refractivity contribution in [2.45, 2.75) is 39.3 Å². The Morgan fingerprint density at radius 2 is 2.27 bits per heavy atom. The van der Waals surface area contributed by atoms with E-state index in [1.165, 1.54) is 0 Å². The first kappa shape index (κ1) is 12.4. The summed E-state index contributed by atoms with van der Waals surface area (Å²) in [6.45, 7) is 6.49. The largest absolute Gasteiger partial charge is 0.353 e. The van der Waals surface area contributed by atoms with Crippen LogP contribution in [-0.2, 0) is 0 Å². The maximum Gasteiger partial charge on any atom is 0.203 e. The molecule has 0 amide bonds. The van der Waals surface area contributed by atoms with Crippen molar-refractivity contribution in [1.29, 1.82) is 0 Å².